The van der Waals surface area contributed by atoms with Crippen LogP contribution in [0.2, 0.25) is 5.02 Å². The molecule has 1 amide bonds. The molecule has 0 saturated carbocycles. The van der Waals surface area contributed by atoms with E-state index in [-0.39, 0.29) is 32.7 Å². The second kappa shape index (κ2) is 10.5. The van der Waals surface area contributed by atoms with E-state index in [0.29, 0.717) is 23.2 Å². The molecule has 0 atom stereocenters. The molecule has 33 heavy (non-hydrogen) atoms. The van der Waals surface area contributed by atoms with Gasteiger partial charge in [0.1, 0.15) is 5.82 Å². The maximum absolute atomic E-state index is 13.3. The number of rotatable bonds is 7. The third-order valence-corrected chi connectivity index (χ3v) is 5.19. The van der Waals surface area contributed by atoms with E-state index in [9.17, 15) is 18.0 Å². The first-order valence-corrected chi connectivity index (χ1v) is 11.0. The third-order valence-electron chi connectivity index (χ3n) is 4.39. The minimum absolute atomic E-state index is 0.00700. The fourth-order valence-corrected chi connectivity index (χ4v) is 3.54. The molecule has 0 aliphatic carbocycles. The van der Waals surface area contributed by atoms with Gasteiger partial charge in [-0.1, -0.05) is 24.6 Å². The molecule has 0 fully saturated rings. The number of aryl methyl sites for hydroxylation is 1. The number of amidine groups is 1. The highest BCUT2D eigenvalue weighted by Crippen LogP contribution is 2.44. The Labute approximate surface area is 206 Å². The molecule has 0 bridgehead atoms. The summed E-state index contributed by atoms with van der Waals surface area (Å²) in [4.78, 5) is 16.8. The van der Waals surface area contributed by atoms with Crippen LogP contribution >= 0.6 is 34.2 Å². The van der Waals surface area contributed by atoms with Gasteiger partial charge in [-0.05, 0) is 58.3 Å². The Bertz CT molecular complexity index is 1130. The van der Waals surface area contributed by atoms with Crippen LogP contribution in [-0.2, 0) is 22.5 Å². The molecule has 12 heteroatoms. The van der Waals surface area contributed by atoms with Crippen LogP contribution in [0.4, 0.5) is 18.9 Å². The molecule has 0 aromatic heterocycles. The zero-order chi connectivity index (χ0) is 24.2. The molecule has 2 N–H and O–H groups in total. The van der Waals surface area contributed by atoms with Crippen molar-refractivity contribution in [1.29, 1.82) is 0 Å². The van der Waals surface area contributed by atoms with Crippen molar-refractivity contribution < 1.29 is 32.2 Å². The largest absolute Gasteiger partial charge is 0.586 e. The van der Waals surface area contributed by atoms with E-state index in [1.807, 2.05) is 6.92 Å². The lowest BCUT2D eigenvalue weighted by atomic mass is 10.1. The highest BCUT2D eigenvalue weighted by Gasteiger charge is 2.43. The number of carbonyl (C=O) groups excluding carboxylic acids is 1. The Hall–Kier alpha value is -2.67. The molecular formula is C21H18ClF3IN3O4. The number of hydrogen-bond donors (Lipinski definition) is 2. The molecule has 176 valence electrons. The smallest absolute Gasteiger partial charge is 0.490 e. The van der Waals surface area contributed by atoms with Gasteiger partial charge in [-0.15, -0.1) is 8.78 Å². The fraction of sp³-hybridized carbons (Fsp3) is 0.238. The Kier molecular flexibility index (Phi) is 7.95. The maximum Gasteiger partial charge on any atom is 0.586 e. The van der Waals surface area contributed by atoms with Crippen molar-refractivity contribution in [3.63, 3.8) is 0 Å². The highest BCUT2D eigenvalue weighted by atomic mass is 127. The minimum atomic E-state index is -3.73. The number of fused-ring (bicyclic) bond motifs is 1. The van der Waals surface area contributed by atoms with Crippen LogP contribution in [0.15, 0.2) is 47.3 Å². The number of hydrogen-bond acceptors (Lipinski definition) is 6. The Morgan fingerprint density at radius 3 is 2.61 bits per heavy atom. The van der Waals surface area contributed by atoms with Crippen molar-refractivity contribution in [2.24, 2.45) is 4.99 Å². The average Bonchev–Trinajstić information content (AvgIpc) is 3.05. The van der Waals surface area contributed by atoms with E-state index < -0.39 is 18.0 Å². The Morgan fingerprint density at radius 1 is 1.27 bits per heavy atom. The first-order valence-electron chi connectivity index (χ1n) is 9.51. The lowest BCUT2D eigenvalue weighted by Gasteiger charge is -2.09. The topological polar surface area (TPSA) is 81.2 Å². The molecule has 2 aromatic rings. The van der Waals surface area contributed by atoms with Crippen LogP contribution in [0.3, 0.4) is 0 Å². The highest BCUT2D eigenvalue weighted by molar-refractivity contribution is 14.1. The monoisotopic (exact) mass is 595 g/mol. The van der Waals surface area contributed by atoms with Gasteiger partial charge in [0.2, 0.25) is 0 Å². The number of alkyl halides is 2. The predicted octanol–water partition coefficient (Wildman–Crippen LogP) is 5.18. The summed E-state index contributed by atoms with van der Waals surface area (Å²) in [5.41, 5.74) is 1.67. The SMILES string of the molecule is CCc1cc2c(cc1N=C(I)NC(=O)/C(=C\NCc1ccc(F)c(Cl)c1)OC)OC(F)(F)O2. The molecular weight excluding hydrogens is 578 g/mol. The molecule has 1 heterocycles. The molecule has 1 aliphatic heterocycles. The molecule has 0 saturated heterocycles. The van der Waals surface area contributed by atoms with Crippen LogP contribution in [-0.4, -0.2) is 23.2 Å². The van der Waals surface area contributed by atoms with E-state index in [2.05, 4.69) is 25.1 Å². The first-order chi connectivity index (χ1) is 15.6. The Morgan fingerprint density at radius 2 is 1.97 bits per heavy atom. The van der Waals surface area contributed by atoms with Gasteiger partial charge in [0, 0.05) is 18.8 Å². The zero-order valence-corrected chi connectivity index (χ0v) is 20.3. The van der Waals surface area contributed by atoms with Crippen molar-refractivity contribution in [3.05, 3.63) is 64.3 Å². The second-order valence-corrected chi connectivity index (χ2v) is 8.08. The normalized spacial score (nSPS) is 14.8. The lowest BCUT2D eigenvalue weighted by molar-refractivity contribution is -0.286. The third kappa shape index (κ3) is 6.44. The summed E-state index contributed by atoms with van der Waals surface area (Å²) in [5.74, 6) is -1.39. The van der Waals surface area contributed by atoms with E-state index in [1.165, 1.54) is 37.6 Å². The van der Waals surface area contributed by atoms with E-state index >= 15 is 0 Å². The van der Waals surface area contributed by atoms with Gasteiger partial charge >= 0.3 is 6.29 Å². The van der Waals surface area contributed by atoms with E-state index in [1.54, 1.807) is 28.7 Å². The van der Waals surface area contributed by atoms with Crippen LogP contribution in [0.25, 0.3) is 0 Å². The van der Waals surface area contributed by atoms with Crippen molar-refractivity contribution in [2.75, 3.05) is 7.11 Å². The summed E-state index contributed by atoms with van der Waals surface area (Å²) in [5, 5.41) is 5.43. The number of benzene rings is 2. The van der Waals surface area contributed by atoms with Gasteiger partial charge in [-0.25, -0.2) is 9.38 Å². The maximum atomic E-state index is 13.3. The number of methoxy groups -OCH3 is 1. The average molecular weight is 596 g/mol. The predicted molar refractivity (Wildman–Crippen MR) is 125 cm³/mol. The quantitative estimate of drug-likeness (QED) is 0.115. The minimum Gasteiger partial charge on any atom is -0.490 e. The second-order valence-electron chi connectivity index (χ2n) is 6.65. The van der Waals surface area contributed by atoms with Gasteiger partial charge in [-0.3, -0.25) is 10.1 Å². The van der Waals surface area contributed by atoms with Gasteiger partial charge in [0.25, 0.3) is 5.91 Å². The van der Waals surface area contributed by atoms with Crippen molar-refractivity contribution >= 4 is 49.6 Å². The molecule has 2 aromatic carbocycles. The number of halogens is 5. The zero-order valence-electron chi connectivity index (χ0n) is 17.3. The first kappa shape index (κ1) is 25.0. The number of ether oxygens (including phenoxy) is 3. The van der Waals surface area contributed by atoms with E-state index in [0.717, 1.165) is 0 Å². The van der Waals surface area contributed by atoms with Gasteiger partial charge < -0.3 is 19.5 Å². The summed E-state index contributed by atoms with van der Waals surface area (Å²) in [7, 11) is 1.32. The summed E-state index contributed by atoms with van der Waals surface area (Å²) < 4.78 is 54.1. The van der Waals surface area contributed by atoms with Crippen LogP contribution in [0.1, 0.15) is 18.1 Å². The van der Waals surface area contributed by atoms with Gasteiger partial charge in [0.15, 0.2) is 21.1 Å². The summed E-state index contributed by atoms with van der Waals surface area (Å²) in [6, 6.07) is 7.01. The molecule has 1 aliphatic rings. The van der Waals surface area contributed by atoms with Crippen molar-refractivity contribution in [2.45, 2.75) is 26.2 Å². The summed E-state index contributed by atoms with van der Waals surface area (Å²) in [6.45, 7) is 2.10. The van der Waals surface area contributed by atoms with Crippen LogP contribution in [0, 0.1) is 5.82 Å². The van der Waals surface area contributed by atoms with Gasteiger partial charge in [0.05, 0.1) is 17.8 Å². The van der Waals surface area contributed by atoms with E-state index in [4.69, 9.17) is 16.3 Å². The number of carbonyl (C=O) groups is 1. The number of amides is 1. The number of aliphatic imine (C=N–C) groups is 1. The van der Waals surface area contributed by atoms with Crippen molar-refractivity contribution in [3.8, 4) is 11.5 Å². The molecule has 0 radical (unpaired) electrons. The number of nitrogens with zero attached hydrogens (tertiary/aromatic N) is 1. The lowest BCUT2D eigenvalue weighted by Crippen LogP contribution is -2.29. The van der Waals surface area contributed by atoms with Crippen LogP contribution in [0.5, 0.6) is 11.5 Å². The summed E-state index contributed by atoms with van der Waals surface area (Å²) in [6.07, 6.45) is -1.91. The standard InChI is InChI=1S/C21H18ClF3IN3O4/c1-3-12-7-16-17(33-21(24,25)32-16)8-15(12)28-20(26)29-19(30)18(31-2)10-27-9-11-4-5-14(23)13(22)6-11/h4-8,10,27H,3,9H2,1-2H3,(H,28,29,30)/b18-10+. The van der Waals surface area contributed by atoms with Crippen LogP contribution < -0.4 is 20.1 Å². The van der Waals surface area contributed by atoms with Gasteiger partial charge in [-0.2, -0.15) is 0 Å². The molecule has 0 spiro atoms. The Balaban J connectivity index is 1.68. The molecule has 7 nitrogen and oxygen atoms in total. The van der Waals surface area contributed by atoms with Crippen molar-refractivity contribution in [1.82, 2.24) is 10.6 Å². The molecule has 3 rings (SSSR count). The summed E-state index contributed by atoms with van der Waals surface area (Å²) >= 11 is 7.55. The number of nitrogens with one attached hydrogen (secondary N) is 2. The fourth-order valence-electron chi connectivity index (χ4n) is 2.83. The molecule has 0 unspecified atom stereocenters.